The Hall–Kier alpha value is -2.31. The van der Waals surface area contributed by atoms with Crippen molar-refractivity contribution in [2.45, 2.75) is 37.0 Å². The summed E-state index contributed by atoms with van der Waals surface area (Å²) < 4.78 is 0. The molecule has 2 rings (SSSR count). The molecule has 2 atom stereocenters. The number of thioether (sulfide) groups is 1. The number of hydrogen-bond acceptors (Lipinski definition) is 4. The molecule has 5 nitrogen and oxygen atoms in total. The average molecular weight is 388 g/mol. The Labute approximate surface area is 162 Å². The van der Waals surface area contributed by atoms with Crippen molar-refractivity contribution in [3.8, 4) is 0 Å². The Kier molecular flexibility index (Phi) is 8.36. The van der Waals surface area contributed by atoms with E-state index in [1.807, 2.05) is 54.6 Å². The number of carboxylic acid groups (broad SMARTS) is 2. The summed E-state index contributed by atoms with van der Waals surface area (Å²) in [7, 11) is 0. The van der Waals surface area contributed by atoms with E-state index in [4.69, 9.17) is 10.2 Å². The van der Waals surface area contributed by atoms with E-state index in [9.17, 15) is 14.7 Å². The van der Waals surface area contributed by atoms with Gasteiger partial charge in [0.15, 0.2) is 0 Å². The van der Waals surface area contributed by atoms with Gasteiger partial charge in [0.05, 0.1) is 12.5 Å². The average Bonchev–Trinajstić information content (AvgIpc) is 2.63. The molecule has 0 fully saturated rings. The van der Waals surface area contributed by atoms with Crippen molar-refractivity contribution in [1.82, 2.24) is 0 Å². The summed E-state index contributed by atoms with van der Waals surface area (Å²) in [5.74, 6) is -1.38. The summed E-state index contributed by atoms with van der Waals surface area (Å²) in [5, 5.41) is 30.0. The summed E-state index contributed by atoms with van der Waals surface area (Å²) in [6.45, 7) is 0. The summed E-state index contributed by atoms with van der Waals surface area (Å²) in [6, 6.07) is 14.0. The van der Waals surface area contributed by atoms with Crippen LogP contribution in [0.3, 0.4) is 0 Å². The Bertz CT molecular complexity index is 797. The van der Waals surface area contributed by atoms with Crippen molar-refractivity contribution in [3.05, 3.63) is 54.1 Å². The Morgan fingerprint density at radius 1 is 1.00 bits per heavy atom. The van der Waals surface area contributed by atoms with E-state index in [0.29, 0.717) is 18.6 Å². The summed E-state index contributed by atoms with van der Waals surface area (Å²) in [6.07, 6.45) is 3.88. The smallest absolute Gasteiger partial charge is 0.304 e. The molecule has 27 heavy (non-hydrogen) atoms. The van der Waals surface area contributed by atoms with Crippen molar-refractivity contribution >= 4 is 40.5 Å². The Balaban J connectivity index is 2.12. The third-order valence-corrected chi connectivity index (χ3v) is 5.48. The molecule has 2 aromatic carbocycles. The van der Waals surface area contributed by atoms with Crippen LogP contribution < -0.4 is 0 Å². The zero-order valence-corrected chi connectivity index (χ0v) is 15.8. The maximum Gasteiger partial charge on any atom is 0.304 e. The van der Waals surface area contributed by atoms with Gasteiger partial charge in [0.1, 0.15) is 0 Å². The number of benzene rings is 2. The van der Waals surface area contributed by atoms with Gasteiger partial charge in [0.2, 0.25) is 0 Å². The molecule has 2 aromatic rings. The van der Waals surface area contributed by atoms with Gasteiger partial charge >= 0.3 is 11.9 Å². The molecule has 0 amide bonds. The van der Waals surface area contributed by atoms with Gasteiger partial charge in [-0.25, -0.2) is 0 Å². The molecule has 0 aromatic heterocycles. The number of hydrogen-bond donors (Lipinski definition) is 3. The molecular formula is C21H24O5S. The van der Waals surface area contributed by atoms with Crippen LogP contribution in [-0.2, 0) is 9.59 Å². The number of aliphatic carboxylic acids is 2. The maximum atomic E-state index is 10.8. The summed E-state index contributed by atoms with van der Waals surface area (Å²) >= 11 is 1.38. The van der Waals surface area contributed by atoms with Gasteiger partial charge in [-0.15, -0.1) is 0 Å². The number of carboxylic acids is 2. The first-order valence-electron chi connectivity index (χ1n) is 8.86. The molecule has 0 aliphatic rings. The van der Waals surface area contributed by atoms with Crippen molar-refractivity contribution in [2.24, 2.45) is 0 Å². The Morgan fingerprint density at radius 3 is 2.44 bits per heavy atom. The highest BCUT2D eigenvalue weighted by Crippen LogP contribution is 2.24. The van der Waals surface area contributed by atoms with Crippen LogP contribution in [0, 0.1) is 0 Å². The highest BCUT2D eigenvalue weighted by Gasteiger charge is 2.18. The van der Waals surface area contributed by atoms with Gasteiger partial charge in [-0.3, -0.25) is 9.59 Å². The van der Waals surface area contributed by atoms with Gasteiger partial charge in [-0.1, -0.05) is 54.6 Å². The van der Waals surface area contributed by atoms with Crippen LogP contribution in [0.1, 0.15) is 31.2 Å². The van der Waals surface area contributed by atoms with E-state index in [2.05, 4.69) is 0 Å². The van der Waals surface area contributed by atoms with Crippen LogP contribution in [0.5, 0.6) is 0 Å². The maximum absolute atomic E-state index is 10.8. The fourth-order valence-electron chi connectivity index (χ4n) is 2.80. The van der Waals surface area contributed by atoms with Crippen LogP contribution in [-0.4, -0.2) is 44.4 Å². The third-order valence-electron chi connectivity index (χ3n) is 4.18. The zero-order valence-electron chi connectivity index (χ0n) is 15.0. The standard InChI is InChI=1S/C21H24O5S/c22-18(9-4-10-20(23)24)19(27-14-13-21(25)26)12-11-16-7-3-6-15-5-1-2-8-17(15)16/h1-3,5-8,11-12,18-19,22H,4,9-10,13-14H2,(H,23,24)(H,25,26)/b12-11+/t18-,19+/m1/s1. The van der Waals surface area contributed by atoms with Crippen molar-refractivity contribution < 1.29 is 24.9 Å². The molecule has 0 saturated heterocycles. The predicted octanol–water partition coefficient (Wildman–Crippen LogP) is 4.05. The van der Waals surface area contributed by atoms with Crippen LogP contribution in [0.4, 0.5) is 0 Å². The number of fused-ring (bicyclic) bond motifs is 1. The lowest BCUT2D eigenvalue weighted by Gasteiger charge is -2.19. The van der Waals surface area contributed by atoms with Crippen molar-refractivity contribution in [1.29, 1.82) is 0 Å². The minimum absolute atomic E-state index is 0.0105. The lowest BCUT2D eigenvalue weighted by molar-refractivity contribution is -0.137. The molecule has 0 unspecified atom stereocenters. The molecule has 0 heterocycles. The van der Waals surface area contributed by atoms with Crippen molar-refractivity contribution in [2.75, 3.05) is 5.75 Å². The lowest BCUT2D eigenvalue weighted by Crippen LogP contribution is -2.22. The molecule has 3 N–H and O–H groups in total. The fraction of sp³-hybridized carbons (Fsp3) is 0.333. The first-order chi connectivity index (χ1) is 13.0. The lowest BCUT2D eigenvalue weighted by atomic mass is 10.0. The zero-order chi connectivity index (χ0) is 19.6. The highest BCUT2D eigenvalue weighted by molar-refractivity contribution is 8.00. The van der Waals surface area contributed by atoms with Crippen LogP contribution in [0.15, 0.2) is 48.5 Å². The normalized spacial score (nSPS) is 13.7. The largest absolute Gasteiger partial charge is 0.481 e. The quantitative estimate of drug-likeness (QED) is 0.538. The first-order valence-corrected chi connectivity index (χ1v) is 9.91. The van der Waals surface area contributed by atoms with Gasteiger partial charge in [-0.2, -0.15) is 11.8 Å². The number of aliphatic hydroxyl groups excluding tert-OH is 1. The van der Waals surface area contributed by atoms with Gasteiger partial charge in [-0.05, 0) is 29.2 Å². The van der Waals surface area contributed by atoms with E-state index in [0.717, 1.165) is 16.3 Å². The number of rotatable bonds is 11. The second-order valence-electron chi connectivity index (χ2n) is 6.26. The van der Waals surface area contributed by atoms with E-state index >= 15 is 0 Å². The molecule has 0 aliphatic carbocycles. The fourth-order valence-corrected chi connectivity index (χ4v) is 3.91. The SMILES string of the molecule is O=C(O)CCC[C@@H](O)[C@H](/C=C/c1cccc2ccccc12)SCCC(=O)O. The van der Waals surface area contributed by atoms with Crippen LogP contribution in [0.25, 0.3) is 16.8 Å². The molecule has 0 saturated carbocycles. The van der Waals surface area contributed by atoms with E-state index in [1.54, 1.807) is 0 Å². The second kappa shape index (κ2) is 10.7. The van der Waals surface area contributed by atoms with Crippen LogP contribution in [0.2, 0.25) is 0 Å². The van der Waals surface area contributed by atoms with E-state index in [-0.39, 0.29) is 18.1 Å². The molecule has 144 valence electrons. The van der Waals surface area contributed by atoms with Gasteiger partial charge in [0, 0.05) is 17.4 Å². The highest BCUT2D eigenvalue weighted by atomic mass is 32.2. The molecule has 0 spiro atoms. The molecule has 0 bridgehead atoms. The van der Waals surface area contributed by atoms with Crippen molar-refractivity contribution in [3.63, 3.8) is 0 Å². The minimum atomic E-state index is -0.886. The molecule has 0 radical (unpaired) electrons. The molecule has 0 aliphatic heterocycles. The van der Waals surface area contributed by atoms with Crippen LogP contribution >= 0.6 is 11.8 Å². The Morgan fingerprint density at radius 2 is 1.70 bits per heavy atom. The molecular weight excluding hydrogens is 364 g/mol. The first kappa shape index (κ1) is 21.0. The summed E-state index contributed by atoms with van der Waals surface area (Å²) in [4.78, 5) is 21.4. The van der Waals surface area contributed by atoms with E-state index < -0.39 is 18.0 Å². The third kappa shape index (κ3) is 7.07. The second-order valence-corrected chi connectivity index (χ2v) is 7.55. The summed E-state index contributed by atoms with van der Waals surface area (Å²) in [5.41, 5.74) is 1.02. The predicted molar refractivity (Wildman–Crippen MR) is 109 cm³/mol. The monoisotopic (exact) mass is 388 g/mol. The van der Waals surface area contributed by atoms with Gasteiger partial charge in [0.25, 0.3) is 0 Å². The topological polar surface area (TPSA) is 94.8 Å². The van der Waals surface area contributed by atoms with E-state index in [1.165, 1.54) is 11.8 Å². The number of aliphatic hydroxyl groups is 1. The molecule has 6 heteroatoms. The number of carbonyl (C=O) groups is 2. The van der Waals surface area contributed by atoms with Gasteiger partial charge < -0.3 is 15.3 Å². The minimum Gasteiger partial charge on any atom is -0.481 e.